The van der Waals surface area contributed by atoms with Crippen LogP contribution in [0.15, 0.2) is 17.2 Å². The maximum absolute atomic E-state index is 12.1. The summed E-state index contributed by atoms with van der Waals surface area (Å²) in [6.07, 6.45) is 1.27. The van der Waals surface area contributed by atoms with Crippen LogP contribution in [0.4, 0.5) is 10.1 Å². The number of hydrogen-bond donors (Lipinski definition) is 2. The van der Waals surface area contributed by atoms with Crippen molar-refractivity contribution in [3.8, 4) is 0 Å². The Balaban J connectivity index is 3.17. The average molecular weight is 144 g/mol. The van der Waals surface area contributed by atoms with E-state index in [2.05, 4.69) is 17.6 Å². The highest BCUT2D eigenvalue weighted by molar-refractivity contribution is 7.80. The molecule has 0 saturated heterocycles. The Labute approximate surface area is 57.3 Å². The summed E-state index contributed by atoms with van der Waals surface area (Å²) in [5, 5.41) is 0. The van der Waals surface area contributed by atoms with E-state index in [1.165, 1.54) is 6.20 Å². The Morgan fingerprint density at radius 3 is 2.78 bits per heavy atom. The van der Waals surface area contributed by atoms with Gasteiger partial charge >= 0.3 is 0 Å². The summed E-state index contributed by atoms with van der Waals surface area (Å²) in [5.74, 6) is -0.578. The summed E-state index contributed by atoms with van der Waals surface area (Å²) in [7, 11) is 0. The van der Waals surface area contributed by atoms with Crippen LogP contribution in [0.3, 0.4) is 0 Å². The van der Waals surface area contributed by atoms with Crippen LogP contribution in [0.25, 0.3) is 0 Å². The van der Waals surface area contributed by atoms with Gasteiger partial charge in [-0.2, -0.15) is 4.39 Å². The zero-order valence-electron chi connectivity index (χ0n) is 4.50. The van der Waals surface area contributed by atoms with Crippen molar-refractivity contribution in [2.45, 2.75) is 4.90 Å². The maximum Gasteiger partial charge on any atom is 0.214 e. The first kappa shape index (κ1) is 6.35. The molecule has 48 valence electrons. The molecule has 0 fully saturated rings. The molecule has 0 spiro atoms. The molecule has 2 nitrogen and oxygen atoms in total. The molecular formula is C5H5FN2S. The molecule has 1 rings (SSSR count). The topological polar surface area (TPSA) is 38.9 Å². The molecule has 0 aromatic carbocycles. The molecule has 1 aromatic rings. The lowest BCUT2D eigenvalue weighted by Gasteiger charge is -1.94. The molecule has 0 bridgehead atoms. The van der Waals surface area contributed by atoms with E-state index in [-0.39, 0.29) is 0 Å². The summed E-state index contributed by atoms with van der Waals surface area (Å²) < 4.78 is 12.1. The van der Waals surface area contributed by atoms with Crippen LogP contribution >= 0.6 is 12.6 Å². The van der Waals surface area contributed by atoms with Crippen LogP contribution < -0.4 is 5.73 Å². The fraction of sp³-hybridized carbons (Fsp3) is 0. The van der Waals surface area contributed by atoms with Crippen molar-refractivity contribution in [2.24, 2.45) is 0 Å². The van der Waals surface area contributed by atoms with Gasteiger partial charge in [-0.25, -0.2) is 4.98 Å². The van der Waals surface area contributed by atoms with Gasteiger partial charge in [-0.3, -0.25) is 0 Å². The molecule has 1 aromatic heterocycles. The van der Waals surface area contributed by atoms with E-state index >= 15 is 0 Å². The van der Waals surface area contributed by atoms with Gasteiger partial charge in [-0.15, -0.1) is 12.6 Å². The highest BCUT2D eigenvalue weighted by Gasteiger charge is 1.94. The summed E-state index contributed by atoms with van der Waals surface area (Å²) in [5.41, 5.74) is 5.58. The number of nitrogen functional groups attached to an aromatic ring is 1. The largest absolute Gasteiger partial charge is 0.398 e. The molecule has 9 heavy (non-hydrogen) atoms. The number of anilines is 1. The smallest absolute Gasteiger partial charge is 0.214 e. The number of aromatic nitrogens is 1. The number of nitrogens with two attached hydrogens (primary N) is 1. The van der Waals surface area contributed by atoms with Gasteiger partial charge in [0.2, 0.25) is 5.95 Å². The predicted octanol–water partition coefficient (Wildman–Crippen LogP) is 1.09. The molecule has 4 heteroatoms. The van der Waals surface area contributed by atoms with E-state index in [0.717, 1.165) is 6.07 Å². The molecule has 0 amide bonds. The quantitative estimate of drug-likeness (QED) is 0.422. The lowest BCUT2D eigenvalue weighted by Crippen LogP contribution is -1.90. The third kappa shape index (κ3) is 1.32. The zero-order chi connectivity index (χ0) is 6.85. The first-order valence-corrected chi connectivity index (χ1v) is 2.75. The van der Waals surface area contributed by atoms with Crippen LogP contribution in [-0.2, 0) is 0 Å². The SMILES string of the molecule is Nc1cc(F)ncc1S. The highest BCUT2D eigenvalue weighted by Crippen LogP contribution is 2.13. The third-order valence-corrected chi connectivity index (χ3v) is 1.25. The lowest BCUT2D eigenvalue weighted by molar-refractivity contribution is 0.582. The van der Waals surface area contributed by atoms with Gasteiger partial charge in [0.25, 0.3) is 0 Å². The highest BCUT2D eigenvalue weighted by atomic mass is 32.1. The molecule has 1 heterocycles. The fourth-order valence-electron chi connectivity index (χ4n) is 0.437. The molecule has 2 N–H and O–H groups in total. The fourth-order valence-corrected chi connectivity index (χ4v) is 0.559. The Morgan fingerprint density at radius 1 is 1.67 bits per heavy atom. The second-order valence-corrected chi connectivity index (χ2v) is 2.05. The number of halogens is 1. The van der Waals surface area contributed by atoms with Crippen molar-refractivity contribution in [1.82, 2.24) is 4.98 Å². The summed E-state index contributed by atoms with van der Waals surface area (Å²) in [6, 6.07) is 1.13. The van der Waals surface area contributed by atoms with Crippen LogP contribution in [-0.4, -0.2) is 4.98 Å². The third-order valence-electron chi connectivity index (χ3n) is 0.881. The number of rotatable bonds is 0. The second-order valence-electron chi connectivity index (χ2n) is 1.57. The average Bonchev–Trinajstić information content (AvgIpc) is 1.80. The molecule has 0 aliphatic rings. The van der Waals surface area contributed by atoms with E-state index in [1.807, 2.05) is 0 Å². The van der Waals surface area contributed by atoms with E-state index < -0.39 is 5.95 Å². The van der Waals surface area contributed by atoms with Gasteiger partial charge in [0.05, 0.1) is 5.69 Å². The maximum atomic E-state index is 12.1. The van der Waals surface area contributed by atoms with Crippen molar-refractivity contribution >= 4 is 18.3 Å². The molecule has 0 aliphatic heterocycles. The summed E-state index contributed by atoms with van der Waals surface area (Å²) in [6.45, 7) is 0. The normalized spacial score (nSPS) is 9.56. The Kier molecular flexibility index (Phi) is 1.57. The minimum Gasteiger partial charge on any atom is -0.398 e. The van der Waals surface area contributed by atoms with Crippen LogP contribution in [0.2, 0.25) is 0 Å². The first-order chi connectivity index (χ1) is 4.20. The second kappa shape index (κ2) is 2.23. The standard InChI is InChI=1S/C5H5FN2S/c6-5-1-3(7)4(9)2-8-5/h1-2,9H,(H2,7,8). The number of nitrogens with zero attached hydrogens (tertiary/aromatic N) is 1. The van der Waals surface area contributed by atoms with Gasteiger partial charge in [0, 0.05) is 17.2 Å². The number of hydrogen-bond acceptors (Lipinski definition) is 3. The van der Waals surface area contributed by atoms with E-state index in [9.17, 15) is 4.39 Å². The van der Waals surface area contributed by atoms with Crippen LogP contribution in [0.5, 0.6) is 0 Å². The van der Waals surface area contributed by atoms with Gasteiger partial charge in [0.1, 0.15) is 0 Å². The molecule has 0 aliphatic carbocycles. The van der Waals surface area contributed by atoms with Crippen molar-refractivity contribution in [3.63, 3.8) is 0 Å². The minimum atomic E-state index is -0.578. The zero-order valence-corrected chi connectivity index (χ0v) is 5.40. The Morgan fingerprint density at radius 2 is 2.33 bits per heavy atom. The van der Waals surface area contributed by atoms with Gasteiger partial charge in [-0.05, 0) is 0 Å². The van der Waals surface area contributed by atoms with Crippen molar-refractivity contribution in [2.75, 3.05) is 5.73 Å². The van der Waals surface area contributed by atoms with E-state index in [1.54, 1.807) is 0 Å². The molecule has 0 atom stereocenters. The van der Waals surface area contributed by atoms with Gasteiger partial charge in [-0.1, -0.05) is 0 Å². The molecule has 0 saturated carbocycles. The summed E-state index contributed by atoms with van der Waals surface area (Å²) >= 11 is 3.89. The van der Waals surface area contributed by atoms with Crippen molar-refractivity contribution in [1.29, 1.82) is 0 Å². The Hall–Kier alpha value is -0.770. The Bertz CT molecular complexity index is 226. The van der Waals surface area contributed by atoms with Crippen LogP contribution in [0, 0.1) is 5.95 Å². The lowest BCUT2D eigenvalue weighted by atomic mass is 10.4. The van der Waals surface area contributed by atoms with Gasteiger partial charge in [0.15, 0.2) is 0 Å². The van der Waals surface area contributed by atoms with Crippen molar-refractivity contribution < 1.29 is 4.39 Å². The van der Waals surface area contributed by atoms with Crippen LogP contribution in [0.1, 0.15) is 0 Å². The minimum absolute atomic E-state index is 0.311. The van der Waals surface area contributed by atoms with Crippen molar-refractivity contribution in [3.05, 3.63) is 18.2 Å². The number of pyridine rings is 1. The molecule has 0 radical (unpaired) electrons. The predicted molar refractivity (Wildman–Crippen MR) is 35.9 cm³/mol. The molecule has 0 unspecified atom stereocenters. The monoisotopic (exact) mass is 144 g/mol. The number of thiol groups is 1. The first-order valence-electron chi connectivity index (χ1n) is 2.30. The van der Waals surface area contributed by atoms with E-state index in [4.69, 9.17) is 5.73 Å². The molecular weight excluding hydrogens is 139 g/mol. The summed E-state index contributed by atoms with van der Waals surface area (Å²) in [4.78, 5) is 3.81. The van der Waals surface area contributed by atoms with E-state index in [0.29, 0.717) is 10.6 Å². The van der Waals surface area contributed by atoms with Gasteiger partial charge < -0.3 is 5.73 Å².